The van der Waals surface area contributed by atoms with Crippen molar-refractivity contribution < 1.29 is 36.9 Å². The van der Waals surface area contributed by atoms with E-state index in [0.717, 1.165) is 0 Å². The fraction of sp³-hybridized carbons (Fsp3) is 0.556. The molecular weight excluding hydrogens is 236 g/mol. The van der Waals surface area contributed by atoms with E-state index >= 15 is 0 Å². The molecule has 0 aromatic rings. The maximum Gasteiger partial charge on any atom is 2.00 e. The summed E-state index contributed by atoms with van der Waals surface area (Å²) in [4.78, 5) is 20.1. The molecule has 0 spiro atoms. The van der Waals surface area contributed by atoms with Crippen LogP contribution in [-0.4, -0.2) is 11.9 Å². The van der Waals surface area contributed by atoms with Gasteiger partial charge in [-0.25, -0.2) is 0 Å². The third-order valence-corrected chi connectivity index (χ3v) is 1.65. The van der Waals surface area contributed by atoms with Crippen LogP contribution in [0.4, 0.5) is 0 Å². The van der Waals surface area contributed by atoms with E-state index in [1.165, 1.54) is 0 Å². The molecule has 5 heteroatoms. The van der Waals surface area contributed by atoms with Gasteiger partial charge in [-0.3, -0.25) is 0 Å². The van der Waals surface area contributed by atoms with Gasteiger partial charge in [-0.2, -0.15) is 0 Å². The third-order valence-electron chi connectivity index (χ3n) is 1.65. The summed E-state index contributed by atoms with van der Waals surface area (Å²) in [5.74, 6) is -2.31. The first-order chi connectivity index (χ1) is 6.04. The maximum atomic E-state index is 10.2. The van der Waals surface area contributed by atoms with Crippen molar-refractivity contribution in [2.24, 2.45) is 0 Å². The monoisotopic (exact) mass is 247 g/mol. The van der Waals surface area contributed by atoms with E-state index in [2.05, 4.69) is 6.58 Å². The van der Waals surface area contributed by atoms with E-state index in [1.807, 2.05) is 0 Å². The zero-order valence-corrected chi connectivity index (χ0v) is 8.62. The Balaban J connectivity index is 0. The number of carboxylic acid groups (broad SMARTS) is 2. The van der Waals surface area contributed by atoms with Crippen LogP contribution in [0.25, 0.3) is 0 Å². The Hall–Kier alpha value is -0.801. The zero-order chi connectivity index (χ0) is 10.3. The fourth-order valence-corrected chi connectivity index (χ4v) is 0.887. The van der Waals surface area contributed by atoms with Crippen molar-refractivity contribution in [3.63, 3.8) is 0 Å². The van der Waals surface area contributed by atoms with E-state index in [-0.39, 0.29) is 29.1 Å². The van der Waals surface area contributed by atoms with Gasteiger partial charge in [0.25, 0.3) is 0 Å². The van der Waals surface area contributed by atoms with Gasteiger partial charge in [0.1, 0.15) is 0 Å². The smallest absolute Gasteiger partial charge is 0.550 e. The van der Waals surface area contributed by atoms with Gasteiger partial charge in [0.05, 0.1) is 5.97 Å². The van der Waals surface area contributed by atoms with E-state index in [0.29, 0.717) is 25.7 Å². The number of unbranched alkanes of at least 4 members (excludes halogenated alkanes) is 2. The summed E-state index contributed by atoms with van der Waals surface area (Å²) in [5.41, 5.74) is 0.0634. The molecule has 0 fully saturated rings. The molecule has 0 aliphatic rings. The molecular formula is C9H12CuO4. The minimum Gasteiger partial charge on any atom is -0.550 e. The zero-order valence-electron chi connectivity index (χ0n) is 7.68. The van der Waals surface area contributed by atoms with Crippen molar-refractivity contribution in [2.75, 3.05) is 0 Å². The van der Waals surface area contributed by atoms with Gasteiger partial charge in [0.15, 0.2) is 0 Å². The number of hydrogen-bond donors (Lipinski definition) is 0. The fourth-order valence-electron chi connectivity index (χ4n) is 0.887. The van der Waals surface area contributed by atoms with Crippen LogP contribution >= 0.6 is 0 Å². The van der Waals surface area contributed by atoms with E-state index in [9.17, 15) is 19.8 Å². The molecule has 0 aromatic carbocycles. The predicted octanol–water partition coefficient (Wildman–Crippen LogP) is -1.01. The van der Waals surface area contributed by atoms with E-state index < -0.39 is 11.9 Å². The Bertz CT molecular complexity index is 213. The molecule has 0 aromatic heterocycles. The molecule has 0 atom stereocenters. The third kappa shape index (κ3) is 9.29. The van der Waals surface area contributed by atoms with Crippen LogP contribution in [0, 0.1) is 0 Å². The summed E-state index contributed by atoms with van der Waals surface area (Å²) >= 11 is 0. The van der Waals surface area contributed by atoms with Crippen LogP contribution in [0.5, 0.6) is 0 Å². The molecule has 14 heavy (non-hydrogen) atoms. The van der Waals surface area contributed by atoms with Gasteiger partial charge < -0.3 is 19.8 Å². The summed E-state index contributed by atoms with van der Waals surface area (Å²) in [7, 11) is 0. The molecule has 1 radical (unpaired) electrons. The normalized spacial score (nSPS) is 8.86. The number of carbonyl (C=O) groups is 2. The first-order valence-corrected chi connectivity index (χ1v) is 4.13. The molecule has 0 saturated carbocycles. The summed E-state index contributed by atoms with van der Waals surface area (Å²) in [6, 6.07) is 0. The maximum absolute atomic E-state index is 10.2. The summed E-state index contributed by atoms with van der Waals surface area (Å²) in [5, 5.41) is 20.1. The standard InChI is InChI=1S/C9H14O4.Cu/c1-7(9(12)13)5-3-2-4-6-8(10)11;/h1-6H2,(H,10,11)(H,12,13);/q;+2/p-2. The molecule has 0 rings (SSSR count). The summed E-state index contributed by atoms with van der Waals surface area (Å²) < 4.78 is 0. The first-order valence-electron chi connectivity index (χ1n) is 4.13. The number of rotatable bonds is 7. The van der Waals surface area contributed by atoms with Crippen molar-refractivity contribution >= 4 is 11.9 Å². The van der Waals surface area contributed by atoms with Crippen molar-refractivity contribution in [2.45, 2.75) is 32.1 Å². The largest absolute Gasteiger partial charge is 2.00 e. The van der Waals surface area contributed by atoms with Crippen molar-refractivity contribution in [3.05, 3.63) is 12.2 Å². The molecule has 0 amide bonds. The van der Waals surface area contributed by atoms with Gasteiger partial charge in [-0.05, 0) is 31.3 Å². The Morgan fingerprint density at radius 3 is 1.93 bits per heavy atom. The molecule has 0 heterocycles. The second kappa shape index (κ2) is 8.78. The van der Waals surface area contributed by atoms with Gasteiger partial charge in [-0.1, -0.05) is 13.0 Å². The van der Waals surface area contributed by atoms with E-state index in [1.54, 1.807) is 0 Å². The quantitative estimate of drug-likeness (QED) is 0.328. The van der Waals surface area contributed by atoms with Crippen LogP contribution in [0.15, 0.2) is 12.2 Å². The molecule has 0 unspecified atom stereocenters. The Morgan fingerprint density at radius 2 is 1.50 bits per heavy atom. The Kier molecular flexibility index (Phi) is 9.83. The topological polar surface area (TPSA) is 80.3 Å². The molecule has 0 aliphatic carbocycles. The number of carboxylic acids is 2. The summed E-state index contributed by atoms with van der Waals surface area (Å²) in [6.07, 6.45) is 2.19. The van der Waals surface area contributed by atoms with Crippen LogP contribution in [0.2, 0.25) is 0 Å². The predicted molar refractivity (Wildman–Crippen MR) is 42.2 cm³/mol. The van der Waals surface area contributed by atoms with Gasteiger partial charge >= 0.3 is 17.1 Å². The number of hydrogen-bond acceptors (Lipinski definition) is 4. The van der Waals surface area contributed by atoms with Gasteiger partial charge in [0.2, 0.25) is 0 Å². The van der Waals surface area contributed by atoms with Crippen LogP contribution in [0.3, 0.4) is 0 Å². The number of carbonyl (C=O) groups excluding carboxylic acids is 2. The van der Waals surface area contributed by atoms with Gasteiger partial charge in [-0.15, -0.1) is 0 Å². The SMILES string of the molecule is C=C(CCCCCC(=O)[O-])C(=O)[O-].[Cu+2]. The second-order valence-corrected chi connectivity index (χ2v) is 2.82. The van der Waals surface area contributed by atoms with Crippen LogP contribution < -0.4 is 10.2 Å². The first kappa shape index (κ1) is 15.7. The van der Waals surface area contributed by atoms with E-state index in [4.69, 9.17) is 0 Å². The minimum absolute atomic E-state index is 0. The molecule has 0 N–H and O–H groups in total. The van der Waals surface area contributed by atoms with Crippen molar-refractivity contribution in [1.82, 2.24) is 0 Å². The van der Waals surface area contributed by atoms with Crippen LogP contribution in [0.1, 0.15) is 32.1 Å². The Morgan fingerprint density at radius 1 is 1.00 bits per heavy atom. The van der Waals surface area contributed by atoms with Gasteiger partial charge in [0, 0.05) is 5.97 Å². The molecule has 0 saturated heterocycles. The molecule has 4 nitrogen and oxygen atoms in total. The average molecular weight is 248 g/mol. The number of aliphatic carboxylic acids is 2. The van der Waals surface area contributed by atoms with Crippen molar-refractivity contribution in [3.8, 4) is 0 Å². The molecule has 0 bridgehead atoms. The molecule has 83 valence electrons. The minimum atomic E-state index is -1.24. The van der Waals surface area contributed by atoms with Crippen LogP contribution in [-0.2, 0) is 26.7 Å². The average Bonchev–Trinajstić information content (AvgIpc) is 2.02. The second-order valence-electron chi connectivity index (χ2n) is 2.82. The summed E-state index contributed by atoms with van der Waals surface area (Å²) in [6.45, 7) is 3.30. The molecule has 0 aliphatic heterocycles. The van der Waals surface area contributed by atoms with Crippen molar-refractivity contribution in [1.29, 1.82) is 0 Å². The Labute approximate surface area is 93.5 Å².